The Kier molecular flexibility index (Phi) is 2.44. The van der Waals surface area contributed by atoms with E-state index >= 15 is 0 Å². The van der Waals surface area contributed by atoms with Gasteiger partial charge in [-0.2, -0.15) is 0 Å². The molecule has 0 saturated carbocycles. The maximum atomic E-state index is 5.57. The highest BCUT2D eigenvalue weighted by molar-refractivity contribution is 5.85. The van der Waals surface area contributed by atoms with Gasteiger partial charge in [-0.15, -0.1) is 0 Å². The van der Waals surface area contributed by atoms with Gasteiger partial charge in [0, 0.05) is 23.7 Å². The average molecular weight is 232 g/mol. The third kappa shape index (κ3) is 1.65. The first-order valence-electron chi connectivity index (χ1n) is 5.89. The van der Waals surface area contributed by atoms with E-state index in [-0.39, 0.29) is 0 Å². The van der Waals surface area contributed by atoms with Crippen LogP contribution in [0.5, 0.6) is 11.5 Å². The largest absolute Gasteiger partial charge is 0.454 e. The summed E-state index contributed by atoms with van der Waals surface area (Å²) < 4.78 is 13.1. The summed E-state index contributed by atoms with van der Waals surface area (Å²) in [6, 6.07) is 6.28. The molecule has 0 aliphatic carbocycles. The number of fused-ring (bicyclic) bond motifs is 2. The van der Waals surface area contributed by atoms with Crippen LogP contribution >= 0.6 is 0 Å². The second kappa shape index (κ2) is 3.96. The smallest absolute Gasteiger partial charge is 0.231 e. The van der Waals surface area contributed by atoms with Crippen molar-refractivity contribution in [3.8, 4) is 11.5 Å². The maximum absolute atomic E-state index is 5.57. The molecule has 0 radical (unpaired) electrons. The van der Waals surface area contributed by atoms with Crippen LogP contribution in [0.4, 0.5) is 0 Å². The normalized spacial score (nSPS) is 13.5. The zero-order valence-corrected chi connectivity index (χ0v) is 9.90. The molecule has 2 N–H and O–H groups in total. The average Bonchev–Trinajstić information content (AvgIpc) is 2.87. The lowest BCUT2D eigenvalue weighted by Crippen LogP contribution is -2.06. The summed E-state index contributed by atoms with van der Waals surface area (Å²) in [5.74, 6) is 1.68. The fraction of sp³-hybridized carbons (Fsp3) is 0.385. The number of benzene rings is 1. The van der Waals surface area contributed by atoms with Crippen molar-refractivity contribution in [1.82, 2.24) is 4.57 Å². The molecule has 4 heteroatoms. The van der Waals surface area contributed by atoms with E-state index in [4.69, 9.17) is 15.2 Å². The summed E-state index contributed by atoms with van der Waals surface area (Å²) in [5.41, 5.74) is 8.01. The first kappa shape index (κ1) is 10.5. The Morgan fingerprint density at radius 1 is 1.24 bits per heavy atom. The minimum absolute atomic E-state index is 0.323. The minimum atomic E-state index is 0.323. The molecule has 0 spiro atoms. The van der Waals surface area contributed by atoms with E-state index in [2.05, 4.69) is 23.6 Å². The van der Waals surface area contributed by atoms with Crippen molar-refractivity contribution in [2.75, 3.05) is 13.3 Å². The molecule has 1 aromatic carbocycles. The molecule has 0 atom stereocenters. The van der Waals surface area contributed by atoms with Gasteiger partial charge in [-0.1, -0.05) is 0 Å². The number of ether oxygens (including phenoxy) is 2. The Bertz CT molecular complexity index is 560. The van der Waals surface area contributed by atoms with Crippen LogP contribution in [-0.4, -0.2) is 17.9 Å². The summed E-state index contributed by atoms with van der Waals surface area (Å²) in [6.45, 7) is 4.10. The molecule has 3 rings (SSSR count). The molecule has 0 unspecified atom stereocenters. The quantitative estimate of drug-likeness (QED) is 0.880. The molecule has 4 nitrogen and oxygen atoms in total. The zero-order chi connectivity index (χ0) is 11.8. The SMILES string of the molecule is Cc1cc2cc3c(cc2n1CCCN)OCO3. The van der Waals surface area contributed by atoms with E-state index in [1.807, 2.05) is 6.07 Å². The molecular weight excluding hydrogens is 216 g/mol. The summed E-state index contributed by atoms with van der Waals surface area (Å²) in [6.07, 6.45) is 0.985. The lowest BCUT2D eigenvalue weighted by Gasteiger charge is -2.07. The Morgan fingerprint density at radius 2 is 2.00 bits per heavy atom. The molecule has 0 amide bonds. The standard InChI is InChI=1S/C13H16N2O2/c1-9-5-10-6-12-13(17-8-16-12)7-11(10)15(9)4-2-3-14/h5-7H,2-4,8,14H2,1H3. The second-order valence-corrected chi connectivity index (χ2v) is 4.34. The first-order chi connectivity index (χ1) is 8.29. The van der Waals surface area contributed by atoms with E-state index in [0.29, 0.717) is 13.3 Å². The van der Waals surface area contributed by atoms with Crippen molar-refractivity contribution in [2.24, 2.45) is 5.73 Å². The Hall–Kier alpha value is -1.68. The fourth-order valence-corrected chi connectivity index (χ4v) is 2.34. The van der Waals surface area contributed by atoms with Crippen molar-refractivity contribution < 1.29 is 9.47 Å². The van der Waals surface area contributed by atoms with Crippen LogP contribution in [0.25, 0.3) is 10.9 Å². The van der Waals surface area contributed by atoms with Crippen LogP contribution in [0.3, 0.4) is 0 Å². The first-order valence-corrected chi connectivity index (χ1v) is 5.89. The van der Waals surface area contributed by atoms with Gasteiger partial charge < -0.3 is 19.8 Å². The Balaban J connectivity index is 2.11. The number of nitrogens with two attached hydrogens (primary N) is 1. The monoisotopic (exact) mass is 232 g/mol. The second-order valence-electron chi connectivity index (χ2n) is 4.34. The third-order valence-corrected chi connectivity index (χ3v) is 3.19. The van der Waals surface area contributed by atoms with Gasteiger partial charge in [0.1, 0.15) is 0 Å². The van der Waals surface area contributed by atoms with E-state index in [1.165, 1.54) is 16.6 Å². The van der Waals surface area contributed by atoms with Gasteiger partial charge in [-0.05, 0) is 32.0 Å². The van der Waals surface area contributed by atoms with E-state index < -0.39 is 0 Å². The van der Waals surface area contributed by atoms with Crippen molar-refractivity contribution >= 4 is 10.9 Å². The number of aromatic nitrogens is 1. The molecule has 1 aliphatic rings. The van der Waals surface area contributed by atoms with Crippen LogP contribution in [0.2, 0.25) is 0 Å². The molecule has 0 fully saturated rings. The minimum Gasteiger partial charge on any atom is -0.454 e. The highest BCUT2D eigenvalue weighted by Gasteiger charge is 2.16. The van der Waals surface area contributed by atoms with E-state index in [1.54, 1.807) is 0 Å². The fourth-order valence-electron chi connectivity index (χ4n) is 2.34. The third-order valence-electron chi connectivity index (χ3n) is 3.19. The number of hydrogen-bond donors (Lipinski definition) is 1. The van der Waals surface area contributed by atoms with Crippen molar-refractivity contribution in [3.63, 3.8) is 0 Å². The van der Waals surface area contributed by atoms with Crippen LogP contribution in [0.15, 0.2) is 18.2 Å². The molecule has 90 valence electrons. The molecule has 0 bridgehead atoms. The van der Waals surface area contributed by atoms with Crippen LogP contribution < -0.4 is 15.2 Å². The lowest BCUT2D eigenvalue weighted by atomic mass is 10.2. The molecule has 2 aromatic rings. The summed E-state index contributed by atoms with van der Waals surface area (Å²) in [7, 11) is 0. The van der Waals surface area contributed by atoms with Crippen molar-refractivity contribution in [3.05, 3.63) is 23.9 Å². The van der Waals surface area contributed by atoms with Crippen LogP contribution in [-0.2, 0) is 6.54 Å². The van der Waals surface area contributed by atoms with Gasteiger partial charge in [0.05, 0.1) is 5.52 Å². The van der Waals surface area contributed by atoms with Crippen LogP contribution in [0, 0.1) is 6.92 Å². The molecule has 17 heavy (non-hydrogen) atoms. The Morgan fingerprint density at radius 3 is 2.76 bits per heavy atom. The van der Waals surface area contributed by atoms with Gasteiger partial charge in [0.25, 0.3) is 0 Å². The highest BCUT2D eigenvalue weighted by atomic mass is 16.7. The maximum Gasteiger partial charge on any atom is 0.231 e. The number of rotatable bonds is 3. The van der Waals surface area contributed by atoms with Crippen molar-refractivity contribution in [1.29, 1.82) is 0 Å². The van der Waals surface area contributed by atoms with E-state index in [0.717, 1.165) is 24.5 Å². The molecule has 2 heterocycles. The number of hydrogen-bond acceptors (Lipinski definition) is 3. The number of aryl methyl sites for hydroxylation is 2. The van der Waals surface area contributed by atoms with Gasteiger partial charge in [0.15, 0.2) is 11.5 Å². The van der Waals surface area contributed by atoms with Gasteiger partial charge >= 0.3 is 0 Å². The van der Waals surface area contributed by atoms with Gasteiger partial charge in [-0.25, -0.2) is 0 Å². The topological polar surface area (TPSA) is 49.4 Å². The molecule has 1 aliphatic heterocycles. The van der Waals surface area contributed by atoms with Crippen LogP contribution in [0.1, 0.15) is 12.1 Å². The number of nitrogens with zero attached hydrogens (tertiary/aromatic N) is 1. The summed E-state index contributed by atoms with van der Waals surface area (Å²) >= 11 is 0. The van der Waals surface area contributed by atoms with E-state index in [9.17, 15) is 0 Å². The van der Waals surface area contributed by atoms with Gasteiger partial charge in [-0.3, -0.25) is 0 Å². The highest BCUT2D eigenvalue weighted by Crippen LogP contribution is 2.37. The predicted octanol–water partition coefficient (Wildman–Crippen LogP) is 2.03. The zero-order valence-electron chi connectivity index (χ0n) is 9.90. The lowest BCUT2D eigenvalue weighted by molar-refractivity contribution is 0.174. The summed E-state index contributed by atoms with van der Waals surface area (Å²) in [4.78, 5) is 0. The predicted molar refractivity (Wildman–Crippen MR) is 66.5 cm³/mol. The van der Waals surface area contributed by atoms with Gasteiger partial charge in [0.2, 0.25) is 6.79 Å². The Labute approximate surface area is 99.9 Å². The molecule has 1 aromatic heterocycles. The molecular formula is C13H16N2O2. The summed E-state index contributed by atoms with van der Waals surface area (Å²) in [5, 5.41) is 1.20. The van der Waals surface area contributed by atoms with Crippen molar-refractivity contribution in [2.45, 2.75) is 19.9 Å². The molecule has 0 saturated heterocycles.